The molecule has 1 aliphatic rings. The minimum absolute atomic E-state index is 0.148. The number of nitrogen functional groups attached to an aromatic ring is 1. The second-order valence-corrected chi connectivity index (χ2v) is 7.02. The molecule has 0 amide bonds. The third kappa shape index (κ3) is 2.40. The summed E-state index contributed by atoms with van der Waals surface area (Å²) < 4.78 is 26.8. The number of nitrogens with two attached hydrogens (primary N) is 1. The van der Waals surface area contributed by atoms with Crippen molar-refractivity contribution in [2.24, 2.45) is 0 Å². The number of sulfonamides is 1. The summed E-state index contributed by atoms with van der Waals surface area (Å²) in [6.45, 7) is 0.300. The van der Waals surface area contributed by atoms with E-state index in [0.717, 1.165) is 6.42 Å². The van der Waals surface area contributed by atoms with Gasteiger partial charge < -0.3 is 10.8 Å². The largest absolute Gasteiger partial charge is 0.398 e. The summed E-state index contributed by atoms with van der Waals surface area (Å²) in [5, 5.41) is 9.21. The van der Waals surface area contributed by atoms with Crippen LogP contribution >= 0.6 is 15.9 Å². The number of rotatable bonds is 3. The quantitative estimate of drug-likeness (QED) is 0.813. The van der Waals surface area contributed by atoms with E-state index >= 15 is 0 Å². The topological polar surface area (TPSA) is 83.6 Å². The van der Waals surface area contributed by atoms with Crippen molar-refractivity contribution < 1.29 is 13.5 Å². The maximum absolute atomic E-state index is 12.4. The molecule has 1 aromatic rings. The molecule has 1 fully saturated rings. The number of anilines is 1. The molecule has 100 valence electrons. The Hall–Kier alpha value is -0.630. The van der Waals surface area contributed by atoms with Crippen molar-refractivity contribution in [3.8, 4) is 0 Å². The third-order valence-corrected chi connectivity index (χ3v) is 5.78. The van der Waals surface area contributed by atoms with Crippen LogP contribution in [-0.2, 0) is 10.0 Å². The lowest BCUT2D eigenvalue weighted by Gasteiger charge is -2.22. The standard InChI is InChI=1S/C11H15BrN2O3S/c12-10-4-3-9(6-11(10)13)18(16,17)14-5-1-2-8(14)7-15/h3-4,6,8,15H,1-2,5,7,13H2/t8-/m0/s1. The van der Waals surface area contributed by atoms with Crippen molar-refractivity contribution in [2.75, 3.05) is 18.9 Å². The zero-order valence-corrected chi connectivity index (χ0v) is 12.1. The predicted octanol–water partition coefficient (Wildman–Crippen LogP) is 1.18. The molecule has 0 bridgehead atoms. The van der Waals surface area contributed by atoms with Gasteiger partial charge in [-0.2, -0.15) is 4.31 Å². The van der Waals surface area contributed by atoms with E-state index in [1.807, 2.05) is 0 Å². The van der Waals surface area contributed by atoms with Gasteiger partial charge in [0.15, 0.2) is 0 Å². The number of hydrogen-bond donors (Lipinski definition) is 2. The summed E-state index contributed by atoms with van der Waals surface area (Å²) in [7, 11) is -3.57. The first-order valence-electron chi connectivity index (χ1n) is 5.64. The van der Waals surface area contributed by atoms with Gasteiger partial charge in [0.1, 0.15) is 0 Å². The fourth-order valence-corrected chi connectivity index (χ4v) is 4.09. The van der Waals surface area contributed by atoms with Crippen LogP contribution in [0.15, 0.2) is 27.6 Å². The molecule has 1 saturated heterocycles. The molecule has 2 rings (SSSR count). The molecule has 0 aliphatic carbocycles. The SMILES string of the molecule is Nc1cc(S(=O)(=O)N2CCC[C@H]2CO)ccc1Br. The van der Waals surface area contributed by atoms with E-state index in [0.29, 0.717) is 23.1 Å². The van der Waals surface area contributed by atoms with Crippen LogP contribution in [0.4, 0.5) is 5.69 Å². The van der Waals surface area contributed by atoms with E-state index in [4.69, 9.17) is 5.73 Å². The van der Waals surface area contributed by atoms with E-state index in [1.165, 1.54) is 16.4 Å². The molecule has 0 unspecified atom stereocenters. The highest BCUT2D eigenvalue weighted by atomic mass is 79.9. The second kappa shape index (κ2) is 5.16. The van der Waals surface area contributed by atoms with Gasteiger partial charge in [0.2, 0.25) is 10.0 Å². The first kappa shape index (κ1) is 13.8. The lowest BCUT2D eigenvalue weighted by Crippen LogP contribution is -2.37. The number of benzene rings is 1. The molecule has 18 heavy (non-hydrogen) atoms. The highest BCUT2D eigenvalue weighted by molar-refractivity contribution is 9.10. The van der Waals surface area contributed by atoms with E-state index in [1.54, 1.807) is 6.07 Å². The Kier molecular flexibility index (Phi) is 3.96. The van der Waals surface area contributed by atoms with Crippen molar-refractivity contribution >= 4 is 31.6 Å². The Labute approximate surface area is 115 Å². The summed E-state index contributed by atoms with van der Waals surface area (Å²) in [6, 6.07) is 4.25. The van der Waals surface area contributed by atoms with Gasteiger partial charge in [-0.25, -0.2) is 8.42 Å². The Bertz CT molecular complexity index is 547. The van der Waals surface area contributed by atoms with E-state index in [2.05, 4.69) is 15.9 Å². The molecule has 1 aromatic carbocycles. The number of aliphatic hydroxyl groups excluding tert-OH is 1. The Morgan fingerprint density at radius 1 is 1.50 bits per heavy atom. The van der Waals surface area contributed by atoms with Crippen LogP contribution in [0.25, 0.3) is 0 Å². The van der Waals surface area contributed by atoms with Gasteiger partial charge in [-0.15, -0.1) is 0 Å². The van der Waals surface area contributed by atoms with Crippen molar-refractivity contribution in [3.05, 3.63) is 22.7 Å². The number of halogens is 1. The van der Waals surface area contributed by atoms with Gasteiger partial charge in [0.25, 0.3) is 0 Å². The molecule has 3 N–H and O–H groups in total. The van der Waals surface area contributed by atoms with Crippen LogP contribution in [0.5, 0.6) is 0 Å². The first-order chi connectivity index (χ1) is 8.46. The lowest BCUT2D eigenvalue weighted by atomic mass is 10.2. The predicted molar refractivity (Wildman–Crippen MR) is 72.6 cm³/mol. The molecular weight excluding hydrogens is 320 g/mol. The van der Waals surface area contributed by atoms with E-state index < -0.39 is 10.0 Å². The van der Waals surface area contributed by atoms with Gasteiger partial charge in [0, 0.05) is 22.7 Å². The summed E-state index contributed by atoms with van der Waals surface area (Å²) in [4.78, 5) is 0.170. The van der Waals surface area contributed by atoms with Crippen LogP contribution in [0, 0.1) is 0 Å². The van der Waals surface area contributed by atoms with Gasteiger partial charge in [-0.05, 0) is 47.0 Å². The first-order valence-corrected chi connectivity index (χ1v) is 7.88. The molecule has 0 radical (unpaired) electrons. The van der Waals surface area contributed by atoms with Gasteiger partial charge in [-0.3, -0.25) is 0 Å². The average molecular weight is 335 g/mol. The monoisotopic (exact) mass is 334 g/mol. The summed E-state index contributed by atoms with van der Waals surface area (Å²) in [5.74, 6) is 0. The number of nitrogens with zero attached hydrogens (tertiary/aromatic N) is 1. The van der Waals surface area contributed by atoms with E-state index in [-0.39, 0.29) is 17.5 Å². The lowest BCUT2D eigenvalue weighted by molar-refractivity contribution is 0.213. The molecule has 1 aliphatic heterocycles. The smallest absolute Gasteiger partial charge is 0.243 e. The summed E-state index contributed by atoms with van der Waals surface area (Å²) in [5.41, 5.74) is 6.09. The number of aliphatic hydroxyl groups is 1. The molecule has 0 aromatic heterocycles. The highest BCUT2D eigenvalue weighted by Gasteiger charge is 2.34. The van der Waals surface area contributed by atoms with Crippen LogP contribution < -0.4 is 5.73 Å². The maximum atomic E-state index is 12.4. The maximum Gasteiger partial charge on any atom is 0.243 e. The minimum atomic E-state index is -3.57. The van der Waals surface area contributed by atoms with Crippen LogP contribution in [0.2, 0.25) is 0 Å². The fraction of sp³-hybridized carbons (Fsp3) is 0.455. The number of hydrogen-bond acceptors (Lipinski definition) is 4. The molecule has 0 saturated carbocycles. The van der Waals surface area contributed by atoms with Crippen molar-refractivity contribution in [2.45, 2.75) is 23.8 Å². The molecule has 0 spiro atoms. The zero-order chi connectivity index (χ0) is 13.3. The Morgan fingerprint density at radius 3 is 2.83 bits per heavy atom. The van der Waals surface area contributed by atoms with E-state index in [9.17, 15) is 13.5 Å². The third-order valence-electron chi connectivity index (χ3n) is 3.11. The molecule has 1 atom stereocenters. The normalized spacial score (nSPS) is 21.3. The summed E-state index contributed by atoms with van der Waals surface area (Å²) >= 11 is 3.23. The molecule has 7 heteroatoms. The molecular formula is C11H15BrN2O3S. The summed E-state index contributed by atoms with van der Waals surface area (Å²) in [6.07, 6.45) is 1.47. The minimum Gasteiger partial charge on any atom is -0.398 e. The Morgan fingerprint density at radius 2 is 2.22 bits per heavy atom. The van der Waals surface area contributed by atoms with Crippen molar-refractivity contribution in [1.82, 2.24) is 4.31 Å². The zero-order valence-electron chi connectivity index (χ0n) is 9.71. The van der Waals surface area contributed by atoms with Crippen LogP contribution in [0.3, 0.4) is 0 Å². The van der Waals surface area contributed by atoms with Gasteiger partial charge in [0.05, 0.1) is 11.5 Å². The highest BCUT2D eigenvalue weighted by Crippen LogP contribution is 2.29. The van der Waals surface area contributed by atoms with Gasteiger partial charge >= 0.3 is 0 Å². The van der Waals surface area contributed by atoms with Crippen molar-refractivity contribution in [1.29, 1.82) is 0 Å². The van der Waals surface area contributed by atoms with Crippen LogP contribution in [-0.4, -0.2) is 37.0 Å². The average Bonchev–Trinajstić information content (AvgIpc) is 2.81. The molecule has 5 nitrogen and oxygen atoms in total. The second-order valence-electron chi connectivity index (χ2n) is 4.28. The molecule has 1 heterocycles. The van der Waals surface area contributed by atoms with Crippen LogP contribution in [0.1, 0.15) is 12.8 Å². The Balaban J connectivity index is 2.38. The van der Waals surface area contributed by atoms with Gasteiger partial charge in [-0.1, -0.05) is 0 Å². The van der Waals surface area contributed by atoms with Crippen molar-refractivity contribution in [3.63, 3.8) is 0 Å². The fourth-order valence-electron chi connectivity index (χ4n) is 2.13.